The van der Waals surface area contributed by atoms with Crippen molar-refractivity contribution in [2.24, 2.45) is 0 Å². The highest BCUT2D eigenvalue weighted by Crippen LogP contribution is 2.50. The van der Waals surface area contributed by atoms with Gasteiger partial charge in [-0.3, -0.25) is 9.78 Å². The molecule has 0 saturated carbocycles. The Morgan fingerprint density at radius 1 is 0.786 bits per heavy atom. The Balaban J connectivity index is 1.70. The molecule has 1 aromatic heterocycles. The van der Waals surface area contributed by atoms with Crippen LogP contribution in [-0.4, -0.2) is 10.8 Å². The summed E-state index contributed by atoms with van der Waals surface area (Å²) >= 11 is 0. The maximum atomic E-state index is 13.4. The Hall–Kier alpha value is -3.72. The molecule has 3 heteroatoms. The van der Waals surface area contributed by atoms with Crippen molar-refractivity contribution in [2.45, 2.75) is 5.92 Å². The van der Waals surface area contributed by atoms with E-state index in [0.717, 1.165) is 50.1 Å². The standard InChI is InChI=1S/C25H16N2O/c28-25-17-10-5-4-9-16(17)24-23(25)21(15-7-2-1-3-8-15)22-18-11-6-14-26-19(18)12-13-20(22)27-24/h1-14,21,27H. The first kappa shape index (κ1) is 15.3. The van der Waals surface area contributed by atoms with Crippen LogP contribution in [0.1, 0.15) is 33.0 Å². The summed E-state index contributed by atoms with van der Waals surface area (Å²) in [6.07, 6.45) is 1.81. The van der Waals surface area contributed by atoms with Crippen molar-refractivity contribution in [3.63, 3.8) is 0 Å². The van der Waals surface area contributed by atoms with E-state index in [1.54, 1.807) is 0 Å². The van der Waals surface area contributed by atoms with E-state index in [9.17, 15) is 4.79 Å². The fourth-order valence-electron chi connectivity index (χ4n) is 4.57. The molecule has 6 rings (SSSR count). The fourth-order valence-corrected chi connectivity index (χ4v) is 4.57. The SMILES string of the molecule is O=C1C2=C(Nc3ccc4ncccc4c3C2c2ccccc2)c2ccccc21. The molecule has 0 bridgehead atoms. The second-order valence-electron chi connectivity index (χ2n) is 7.23. The molecule has 1 aliphatic heterocycles. The number of fused-ring (bicyclic) bond motifs is 5. The van der Waals surface area contributed by atoms with Gasteiger partial charge in [-0.15, -0.1) is 0 Å². The summed E-state index contributed by atoms with van der Waals surface area (Å²) in [6, 6.07) is 26.3. The number of carbonyl (C=O) groups is 1. The van der Waals surface area contributed by atoms with Gasteiger partial charge < -0.3 is 5.32 Å². The van der Waals surface area contributed by atoms with Crippen LogP contribution in [0.2, 0.25) is 0 Å². The number of rotatable bonds is 1. The Bertz CT molecular complexity index is 1300. The van der Waals surface area contributed by atoms with Crippen molar-refractivity contribution in [1.29, 1.82) is 0 Å². The monoisotopic (exact) mass is 360 g/mol. The van der Waals surface area contributed by atoms with Gasteiger partial charge in [0.2, 0.25) is 0 Å². The molecule has 3 aromatic carbocycles. The highest BCUT2D eigenvalue weighted by atomic mass is 16.1. The number of nitrogens with zero attached hydrogens (tertiary/aromatic N) is 1. The molecule has 1 N–H and O–H groups in total. The number of anilines is 1. The zero-order valence-corrected chi connectivity index (χ0v) is 15.0. The van der Waals surface area contributed by atoms with Gasteiger partial charge in [0.15, 0.2) is 5.78 Å². The average Bonchev–Trinajstić information content (AvgIpc) is 3.05. The zero-order valence-electron chi connectivity index (χ0n) is 15.0. The normalized spacial score (nSPS) is 17.1. The van der Waals surface area contributed by atoms with Crippen LogP contribution in [0.25, 0.3) is 16.6 Å². The molecule has 1 unspecified atom stereocenters. The van der Waals surface area contributed by atoms with Crippen LogP contribution in [0.4, 0.5) is 5.69 Å². The van der Waals surface area contributed by atoms with Crippen LogP contribution in [0.5, 0.6) is 0 Å². The molecule has 4 aromatic rings. The van der Waals surface area contributed by atoms with Crippen LogP contribution in [0.15, 0.2) is 90.6 Å². The van der Waals surface area contributed by atoms with Crippen molar-refractivity contribution >= 4 is 28.1 Å². The lowest BCUT2D eigenvalue weighted by molar-refractivity contribution is 0.103. The molecule has 3 nitrogen and oxygen atoms in total. The maximum absolute atomic E-state index is 13.4. The second-order valence-corrected chi connectivity index (χ2v) is 7.23. The minimum Gasteiger partial charge on any atom is -0.354 e. The maximum Gasteiger partial charge on any atom is 0.192 e. The third-order valence-electron chi connectivity index (χ3n) is 5.75. The lowest BCUT2D eigenvalue weighted by Gasteiger charge is -2.30. The van der Waals surface area contributed by atoms with Gasteiger partial charge in [0.25, 0.3) is 0 Å². The predicted molar refractivity (Wildman–Crippen MR) is 111 cm³/mol. The van der Waals surface area contributed by atoms with Gasteiger partial charge in [-0.25, -0.2) is 0 Å². The highest BCUT2D eigenvalue weighted by molar-refractivity contribution is 6.24. The molecule has 0 saturated heterocycles. The van der Waals surface area contributed by atoms with E-state index in [1.165, 1.54) is 0 Å². The number of aromatic nitrogens is 1. The number of allylic oxidation sites excluding steroid dienone is 1. The minimum atomic E-state index is -0.125. The molecule has 1 atom stereocenters. The summed E-state index contributed by atoms with van der Waals surface area (Å²) < 4.78 is 0. The van der Waals surface area contributed by atoms with Crippen molar-refractivity contribution in [3.05, 3.63) is 113 Å². The van der Waals surface area contributed by atoms with Gasteiger partial charge in [0, 0.05) is 39.9 Å². The summed E-state index contributed by atoms with van der Waals surface area (Å²) in [4.78, 5) is 18.0. The van der Waals surface area contributed by atoms with Crippen LogP contribution >= 0.6 is 0 Å². The first-order valence-electron chi connectivity index (χ1n) is 9.41. The topological polar surface area (TPSA) is 42.0 Å². The number of ketones is 1. The third kappa shape index (κ3) is 1.99. The summed E-state index contributed by atoms with van der Waals surface area (Å²) in [5.74, 6) is -0.0150. The molecule has 132 valence electrons. The number of hydrogen-bond acceptors (Lipinski definition) is 3. The molecule has 2 aliphatic rings. The van der Waals surface area contributed by atoms with Crippen molar-refractivity contribution in [1.82, 2.24) is 4.98 Å². The summed E-state index contributed by atoms with van der Waals surface area (Å²) in [5.41, 5.74) is 7.75. The van der Waals surface area contributed by atoms with Crippen molar-refractivity contribution < 1.29 is 4.79 Å². The smallest absolute Gasteiger partial charge is 0.192 e. The molecular formula is C25H16N2O. The number of nitrogens with one attached hydrogen (secondary N) is 1. The van der Waals surface area contributed by atoms with Gasteiger partial charge in [-0.1, -0.05) is 60.7 Å². The Morgan fingerprint density at radius 2 is 1.57 bits per heavy atom. The van der Waals surface area contributed by atoms with Crippen molar-refractivity contribution in [3.8, 4) is 0 Å². The first-order chi connectivity index (χ1) is 13.8. The van der Waals surface area contributed by atoms with Gasteiger partial charge in [0.05, 0.1) is 11.2 Å². The predicted octanol–water partition coefficient (Wildman–Crippen LogP) is 5.40. The molecule has 2 heterocycles. The van der Waals surface area contributed by atoms with E-state index in [0.29, 0.717) is 0 Å². The molecule has 0 fully saturated rings. The van der Waals surface area contributed by atoms with E-state index < -0.39 is 0 Å². The second kappa shape index (κ2) is 5.64. The summed E-state index contributed by atoms with van der Waals surface area (Å²) in [6.45, 7) is 0. The lowest BCUT2D eigenvalue weighted by atomic mass is 9.78. The molecule has 0 amide bonds. The molecule has 0 radical (unpaired) electrons. The van der Waals surface area contributed by atoms with Crippen LogP contribution < -0.4 is 5.32 Å². The Morgan fingerprint density at radius 3 is 2.43 bits per heavy atom. The minimum absolute atomic E-state index is 0.110. The van der Waals surface area contributed by atoms with Crippen LogP contribution in [-0.2, 0) is 0 Å². The molecular weight excluding hydrogens is 344 g/mol. The summed E-state index contributed by atoms with van der Waals surface area (Å²) in [5, 5.41) is 4.65. The van der Waals surface area contributed by atoms with Gasteiger partial charge in [-0.05, 0) is 29.3 Å². The van der Waals surface area contributed by atoms with E-state index in [-0.39, 0.29) is 11.7 Å². The first-order valence-corrected chi connectivity index (χ1v) is 9.41. The van der Waals surface area contributed by atoms with Crippen LogP contribution in [0.3, 0.4) is 0 Å². The van der Waals surface area contributed by atoms with Gasteiger partial charge in [0.1, 0.15) is 0 Å². The number of benzene rings is 3. The summed E-state index contributed by atoms with van der Waals surface area (Å²) in [7, 11) is 0. The number of carbonyl (C=O) groups excluding carboxylic acids is 1. The fraction of sp³-hybridized carbons (Fsp3) is 0.0400. The van der Waals surface area contributed by atoms with E-state index in [4.69, 9.17) is 0 Å². The number of Topliss-reactive ketones (excluding diaryl/α,β-unsaturated/α-hetero) is 1. The Labute approximate surface area is 162 Å². The average molecular weight is 360 g/mol. The number of hydrogen-bond donors (Lipinski definition) is 1. The van der Waals surface area contributed by atoms with E-state index in [1.807, 2.05) is 60.8 Å². The van der Waals surface area contributed by atoms with Crippen molar-refractivity contribution in [2.75, 3.05) is 5.32 Å². The van der Waals surface area contributed by atoms with E-state index >= 15 is 0 Å². The molecule has 1 aliphatic carbocycles. The zero-order chi connectivity index (χ0) is 18.7. The van der Waals surface area contributed by atoms with Crippen LogP contribution in [0, 0.1) is 0 Å². The third-order valence-corrected chi connectivity index (χ3v) is 5.75. The Kier molecular flexibility index (Phi) is 3.09. The quantitative estimate of drug-likeness (QED) is 0.494. The largest absolute Gasteiger partial charge is 0.354 e. The molecule has 0 spiro atoms. The number of pyridine rings is 1. The van der Waals surface area contributed by atoms with Gasteiger partial charge >= 0.3 is 0 Å². The highest BCUT2D eigenvalue weighted by Gasteiger charge is 2.40. The molecule has 28 heavy (non-hydrogen) atoms. The van der Waals surface area contributed by atoms with Gasteiger partial charge in [-0.2, -0.15) is 0 Å². The lowest BCUT2D eigenvalue weighted by Crippen LogP contribution is -2.19. The van der Waals surface area contributed by atoms with E-state index in [2.05, 4.69) is 34.6 Å².